The quantitative estimate of drug-likeness (QED) is 0.631. The van der Waals surface area contributed by atoms with Gasteiger partial charge in [0.15, 0.2) is 0 Å². The van der Waals surface area contributed by atoms with E-state index in [4.69, 9.17) is 10.2 Å². The third kappa shape index (κ3) is 2.05. The fraction of sp³-hybridized carbons (Fsp3) is 0.286. The third-order valence-electron chi connectivity index (χ3n) is 1.32. The Morgan fingerprint density at radius 2 is 2.08 bits per heavy atom. The number of aromatic nitrogens is 1. The molecule has 0 radical (unpaired) electrons. The highest BCUT2D eigenvalue weighted by Gasteiger charge is 2.08. The number of rotatable bonds is 2. The van der Waals surface area contributed by atoms with Gasteiger partial charge in [0.05, 0.1) is 6.61 Å². The first-order valence-electron chi connectivity index (χ1n) is 3.68. The largest absolute Gasteiger partial charge is 0.493 e. The summed E-state index contributed by atoms with van der Waals surface area (Å²) in [7, 11) is 0. The van der Waals surface area contributed by atoms with Gasteiger partial charge in [0.2, 0.25) is 11.8 Å². The van der Waals surface area contributed by atoms with E-state index in [0.717, 1.165) is 4.68 Å². The van der Waals surface area contributed by atoms with Gasteiger partial charge >= 0.3 is 6.09 Å². The van der Waals surface area contributed by atoms with Gasteiger partial charge in [-0.25, -0.2) is 10.2 Å². The predicted octanol–water partition coefficient (Wildman–Crippen LogP) is 0.599. The van der Waals surface area contributed by atoms with Crippen LogP contribution in [0.5, 0.6) is 11.8 Å². The van der Waals surface area contributed by atoms with E-state index in [1.165, 1.54) is 12.1 Å². The molecule has 0 saturated heterocycles. The van der Waals surface area contributed by atoms with Crippen molar-refractivity contribution in [1.29, 1.82) is 0 Å². The second-order valence-electron chi connectivity index (χ2n) is 2.22. The first kappa shape index (κ1) is 9.24. The molecule has 1 aromatic heterocycles. The van der Waals surface area contributed by atoms with Crippen molar-refractivity contribution >= 4 is 6.09 Å². The standard InChI is InChI=1S/C7H10N2O4/c1-2-13-7(12)8-9-5(10)3-4-6(9)11/h3-4,10-11H,2H2,1H3,(H,8,12). The molecule has 13 heavy (non-hydrogen) atoms. The molecule has 0 atom stereocenters. The summed E-state index contributed by atoms with van der Waals surface area (Å²) in [4.78, 5) is 10.8. The van der Waals surface area contributed by atoms with Crippen LogP contribution in [0, 0.1) is 0 Å². The van der Waals surface area contributed by atoms with Gasteiger partial charge in [-0.05, 0) is 6.92 Å². The second-order valence-corrected chi connectivity index (χ2v) is 2.22. The Hall–Kier alpha value is -1.85. The van der Waals surface area contributed by atoms with E-state index in [9.17, 15) is 4.79 Å². The van der Waals surface area contributed by atoms with E-state index in [0.29, 0.717) is 0 Å². The van der Waals surface area contributed by atoms with Crippen LogP contribution in [-0.2, 0) is 4.74 Å². The van der Waals surface area contributed by atoms with Crippen LogP contribution in [-0.4, -0.2) is 27.6 Å². The number of amides is 1. The highest BCUT2D eigenvalue weighted by Crippen LogP contribution is 2.18. The summed E-state index contributed by atoms with van der Waals surface area (Å²) in [6.45, 7) is 1.86. The second kappa shape index (κ2) is 3.70. The minimum absolute atomic E-state index is 0.217. The topological polar surface area (TPSA) is 83.7 Å². The molecular formula is C7H10N2O4. The number of carbonyl (C=O) groups excluding carboxylic acids is 1. The van der Waals surface area contributed by atoms with Gasteiger partial charge in [0, 0.05) is 12.1 Å². The molecule has 0 unspecified atom stereocenters. The molecule has 0 bridgehead atoms. The molecule has 3 N–H and O–H groups in total. The van der Waals surface area contributed by atoms with Gasteiger partial charge in [0.1, 0.15) is 0 Å². The molecule has 6 nitrogen and oxygen atoms in total. The van der Waals surface area contributed by atoms with Crippen LogP contribution in [0.25, 0.3) is 0 Å². The number of hydrogen-bond donors (Lipinski definition) is 3. The Kier molecular flexibility index (Phi) is 2.63. The first-order valence-corrected chi connectivity index (χ1v) is 3.68. The van der Waals surface area contributed by atoms with Gasteiger partial charge in [0.25, 0.3) is 0 Å². The maximum atomic E-state index is 10.8. The smallest absolute Gasteiger partial charge is 0.426 e. The van der Waals surface area contributed by atoms with E-state index >= 15 is 0 Å². The minimum atomic E-state index is -0.746. The normalized spacial score (nSPS) is 9.62. The summed E-state index contributed by atoms with van der Waals surface area (Å²) in [6.07, 6.45) is -0.746. The van der Waals surface area contributed by atoms with E-state index in [-0.39, 0.29) is 18.4 Å². The number of aromatic hydroxyl groups is 2. The number of carbonyl (C=O) groups is 1. The SMILES string of the molecule is CCOC(=O)Nn1c(O)ccc1O. The lowest BCUT2D eigenvalue weighted by atomic mass is 10.6. The van der Waals surface area contributed by atoms with Crippen molar-refractivity contribution in [3.05, 3.63) is 12.1 Å². The summed E-state index contributed by atoms with van der Waals surface area (Å²) < 4.78 is 5.34. The molecular weight excluding hydrogens is 176 g/mol. The van der Waals surface area contributed by atoms with Crippen molar-refractivity contribution in [3.63, 3.8) is 0 Å². The molecule has 1 heterocycles. The molecule has 0 aromatic carbocycles. The van der Waals surface area contributed by atoms with Crippen LogP contribution >= 0.6 is 0 Å². The van der Waals surface area contributed by atoms with Crippen LogP contribution in [0.4, 0.5) is 4.79 Å². The fourth-order valence-electron chi connectivity index (χ4n) is 0.785. The zero-order chi connectivity index (χ0) is 9.84. The van der Waals surface area contributed by atoms with E-state index in [1.54, 1.807) is 6.92 Å². The Morgan fingerprint density at radius 1 is 1.54 bits per heavy atom. The molecule has 0 aliphatic heterocycles. The maximum Gasteiger partial charge on any atom is 0.426 e. The van der Waals surface area contributed by atoms with Crippen molar-refractivity contribution in [2.75, 3.05) is 12.0 Å². The highest BCUT2D eigenvalue weighted by atomic mass is 16.6. The molecule has 72 valence electrons. The number of nitrogens with one attached hydrogen (secondary N) is 1. The molecule has 0 saturated carbocycles. The monoisotopic (exact) mass is 186 g/mol. The first-order chi connectivity index (χ1) is 6.15. The molecule has 0 fully saturated rings. The fourth-order valence-corrected chi connectivity index (χ4v) is 0.785. The van der Waals surface area contributed by atoms with Crippen molar-refractivity contribution in [2.45, 2.75) is 6.92 Å². The van der Waals surface area contributed by atoms with Crippen LogP contribution in [0.15, 0.2) is 12.1 Å². The third-order valence-corrected chi connectivity index (χ3v) is 1.32. The average molecular weight is 186 g/mol. The van der Waals surface area contributed by atoms with Gasteiger partial charge < -0.3 is 14.9 Å². The van der Waals surface area contributed by atoms with Crippen LogP contribution < -0.4 is 5.43 Å². The molecule has 0 aliphatic rings. The lowest BCUT2D eigenvalue weighted by Gasteiger charge is -2.07. The maximum absolute atomic E-state index is 10.8. The van der Waals surface area contributed by atoms with Crippen molar-refractivity contribution < 1.29 is 19.7 Å². The zero-order valence-corrected chi connectivity index (χ0v) is 7.02. The summed E-state index contributed by atoms with van der Waals surface area (Å²) in [5.74, 6) is -0.545. The molecule has 1 aromatic rings. The van der Waals surface area contributed by atoms with Gasteiger partial charge in [-0.2, -0.15) is 4.68 Å². The summed E-state index contributed by atoms with van der Waals surface area (Å²) in [5.41, 5.74) is 2.11. The van der Waals surface area contributed by atoms with Crippen molar-refractivity contribution in [3.8, 4) is 11.8 Å². The van der Waals surface area contributed by atoms with Crippen LogP contribution in [0.3, 0.4) is 0 Å². The number of hydrogen-bond acceptors (Lipinski definition) is 4. The Labute approximate surface area is 74.3 Å². The Bertz CT molecular complexity index is 288. The summed E-state index contributed by atoms with van der Waals surface area (Å²) in [5, 5.41) is 18.2. The average Bonchev–Trinajstić information content (AvgIpc) is 2.36. The molecule has 0 spiro atoms. The minimum Gasteiger partial charge on any atom is -0.493 e. The lowest BCUT2D eigenvalue weighted by Crippen LogP contribution is -2.22. The predicted molar refractivity (Wildman–Crippen MR) is 44.1 cm³/mol. The van der Waals surface area contributed by atoms with Gasteiger partial charge in [-0.1, -0.05) is 0 Å². The van der Waals surface area contributed by atoms with E-state index in [1.807, 2.05) is 0 Å². The molecule has 1 amide bonds. The van der Waals surface area contributed by atoms with E-state index < -0.39 is 6.09 Å². The summed E-state index contributed by atoms with van der Waals surface area (Å²) in [6, 6.07) is 2.48. The Balaban J connectivity index is 2.68. The summed E-state index contributed by atoms with van der Waals surface area (Å²) >= 11 is 0. The lowest BCUT2D eigenvalue weighted by molar-refractivity contribution is 0.163. The van der Waals surface area contributed by atoms with Crippen molar-refractivity contribution in [1.82, 2.24) is 4.68 Å². The van der Waals surface area contributed by atoms with Gasteiger partial charge in [-0.3, -0.25) is 0 Å². The number of ether oxygens (including phenoxy) is 1. The molecule has 6 heteroatoms. The Morgan fingerprint density at radius 3 is 2.54 bits per heavy atom. The van der Waals surface area contributed by atoms with E-state index in [2.05, 4.69) is 10.2 Å². The van der Waals surface area contributed by atoms with Crippen LogP contribution in [0.2, 0.25) is 0 Å². The zero-order valence-electron chi connectivity index (χ0n) is 7.02. The highest BCUT2D eigenvalue weighted by molar-refractivity contribution is 5.76. The van der Waals surface area contributed by atoms with Crippen LogP contribution in [0.1, 0.15) is 6.92 Å². The van der Waals surface area contributed by atoms with Crippen molar-refractivity contribution in [2.24, 2.45) is 0 Å². The molecule has 1 rings (SSSR count). The van der Waals surface area contributed by atoms with Gasteiger partial charge in [-0.15, -0.1) is 0 Å². The molecule has 0 aliphatic carbocycles. The number of nitrogens with zero attached hydrogens (tertiary/aromatic N) is 1.